The number of amides is 2. The first-order chi connectivity index (χ1) is 12.0. The molecule has 2 amide bonds. The lowest BCUT2D eigenvalue weighted by atomic mass is 9.95. The van der Waals surface area contributed by atoms with Gasteiger partial charge in [-0.25, -0.2) is 0 Å². The van der Waals surface area contributed by atoms with Crippen LogP contribution >= 0.6 is 11.6 Å². The van der Waals surface area contributed by atoms with E-state index in [9.17, 15) is 9.59 Å². The molecule has 0 bridgehead atoms. The van der Waals surface area contributed by atoms with E-state index in [1.807, 2.05) is 24.3 Å². The van der Waals surface area contributed by atoms with E-state index in [2.05, 4.69) is 13.2 Å². The molecule has 0 unspecified atom stereocenters. The van der Waals surface area contributed by atoms with Crippen LogP contribution in [-0.4, -0.2) is 47.8 Å². The summed E-state index contributed by atoms with van der Waals surface area (Å²) in [6.07, 6.45) is 5.22. The van der Waals surface area contributed by atoms with E-state index in [1.54, 1.807) is 22.0 Å². The minimum Gasteiger partial charge on any atom is -0.342 e. The first-order valence-electron chi connectivity index (χ1n) is 8.58. The van der Waals surface area contributed by atoms with E-state index in [4.69, 9.17) is 11.6 Å². The molecule has 1 aromatic carbocycles. The summed E-state index contributed by atoms with van der Waals surface area (Å²) in [6.45, 7) is 9.51. The van der Waals surface area contributed by atoms with Gasteiger partial charge in [0.2, 0.25) is 11.8 Å². The first-order valence-corrected chi connectivity index (χ1v) is 8.95. The molecule has 0 N–H and O–H groups in total. The van der Waals surface area contributed by atoms with Crippen molar-refractivity contribution in [1.29, 1.82) is 0 Å². The van der Waals surface area contributed by atoms with Gasteiger partial charge in [-0.15, -0.1) is 13.2 Å². The van der Waals surface area contributed by atoms with Crippen molar-refractivity contribution in [1.82, 2.24) is 9.80 Å². The molecule has 1 fully saturated rings. The summed E-state index contributed by atoms with van der Waals surface area (Å²) in [5.74, 6) is 0.0450. The van der Waals surface area contributed by atoms with Crippen LogP contribution in [0.3, 0.4) is 0 Å². The van der Waals surface area contributed by atoms with Gasteiger partial charge in [0.15, 0.2) is 0 Å². The molecule has 0 aromatic heterocycles. The van der Waals surface area contributed by atoms with Gasteiger partial charge in [0, 0.05) is 37.6 Å². The summed E-state index contributed by atoms with van der Waals surface area (Å²) >= 11 is 5.90. The van der Waals surface area contributed by atoms with Crippen LogP contribution in [0.5, 0.6) is 0 Å². The van der Waals surface area contributed by atoms with Crippen LogP contribution in [0.15, 0.2) is 49.6 Å². The molecule has 1 aromatic rings. The third-order valence-corrected chi connectivity index (χ3v) is 4.70. The maximum Gasteiger partial charge on any atom is 0.228 e. The fraction of sp³-hybridized carbons (Fsp3) is 0.400. The van der Waals surface area contributed by atoms with Gasteiger partial charge in [-0.3, -0.25) is 9.59 Å². The monoisotopic (exact) mass is 360 g/mol. The Morgan fingerprint density at radius 2 is 1.88 bits per heavy atom. The first kappa shape index (κ1) is 19.3. The summed E-state index contributed by atoms with van der Waals surface area (Å²) < 4.78 is 0. The van der Waals surface area contributed by atoms with Crippen molar-refractivity contribution < 1.29 is 9.59 Å². The van der Waals surface area contributed by atoms with E-state index >= 15 is 0 Å². The molecule has 1 aliphatic heterocycles. The molecular weight excluding hydrogens is 336 g/mol. The number of rotatable bonds is 8. The molecule has 0 aliphatic carbocycles. The molecule has 0 radical (unpaired) electrons. The van der Waals surface area contributed by atoms with Gasteiger partial charge in [0.1, 0.15) is 0 Å². The summed E-state index contributed by atoms with van der Waals surface area (Å²) in [5, 5.41) is 0.702. The van der Waals surface area contributed by atoms with E-state index in [-0.39, 0.29) is 17.7 Å². The highest BCUT2D eigenvalue weighted by Gasteiger charge is 2.32. The highest BCUT2D eigenvalue weighted by molar-refractivity contribution is 6.30. The molecule has 1 saturated heterocycles. The van der Waals surface area contributed by atoms with Gasteiger partial charge in [0.25, 0.3) is 0 Å². The van der Waals surface area contributed by atoms with Crippen LogP contribution in [0.4, 0.5) is 0 Å². The Morgan fingerprint density at radius 1 is 1.24 bits per heavy atom. The highest BCUT2D eigenvalue weighted by Crippen LogP contribution is 2.21. The number of piperidine rings is 1. The number of carbonyl (C=O) groups excluding carboxylic acids is 2. The normalized spacial score (nSPS) is 17.2. The van der Waals surface area contributed by atoms with E-state index in [0.29, 0.717) is 44.0 Å². The Hall–Kier alpha value is -2.07. The number of likely N-dealkylation sites (tertiary alicyclic amines) is 1. The fourth-order valence-corrected chi connectivity index (χ4v) is 3.20. The standard InChI is InChI=1S/C20H25ClN2O2/c1-3-12-22(13-4-2)20(25)17-7-10-19(24)23(15-17)14-11-16-5-8-18(21)9-6-16/h3-6,8-9,17H,1-2,7,10-15H2/t17-/m1/s1. The second-order valence-corrected chi connectivity index (χ2v) is 6.71. The van der Waals surface area contributed by atoms with Gasteiger partial charge in [-0.2, -0.15) is 0 Å². The van der Waals surface area contributed by atoms with E-state index in [0.717, 1.165) is 12.0 Å². The van der Waals surface area contributed by atoms with Crippen molar-refractivity contribution in [2.75, 3.05) is 26.2 Å². The summed E-state index contributed by atoms with van der Waals surface area (Å²) in [7, 11) is 0. The predicted molar refractivity (Wildman–Crippen MR) is 101 cm³/mol. The van der Waals surface area contributed by atoms with Crippen molar-refractivity contribution in [3.8, 4) is 0 Å². The van der Waals surface area contributed by atoms with Crippen LogP contribution in [0, 0.1) is 5.92 Å². The average Bonchev–Trinajstić information content (AvgIpc) is 2.61. The number of benzene rings is 1. The quantitative estimate of drug-likeness (QED) is 0.667. The third-order valence-electron chi connectivity index (χ3n) is 4.44. The molecular formula is C20H25ClN2O2. The molecule has 134 valence electrons. The lowest BCUT2D eigenvalue weighted by Crippen LogP contribution is -2.47. The molecule has 1 atom stereocenters. The second-order valence-electron chi connectivity index (χ2n) is 6.27. The number of hydrogen-bond donors (Lipinski definition) is 0. The zero-order chi connectivity index (χ0) is 18.2. The number of halogens is 1. The molecule has 0 spiro atoms. The fourth-order valence-electron chi connectivity index (χ4n) is 3.07. The molecule has 1 heterocycles. The minimum atomic E-state index is -0.150. The van der Waals surface area contributed by atoms with Crippen molar-refractivity contribution in [3.63, 3.8) is 0 Å². The van der Waals surface area contributed by atoms with E-state index in [1.165, 1.54) is 0 Å². The maximum atomic E-state index is 12.7. The van der Waals surface area contributed by atoms with Crippen molar-refractivity contribution in [3.05, 3.63) is 60.2 Å². The van der Waals surface area contributed by atoms with Crippen molar-refractivity contribution >= 4 is 23.4 Å². The zero-order valence-electron chi connectivity index (χ0n) is 14.5. The highest BCUT2D eigenvalue weighted by atomic mass is 35.5. The summed E-state index contributed by atoms with van der Waals surface area (Å²) in [5.41, 5.74) is 1.13. The van der Waals surface area contributed by atoms with Crippen LogP contribution < -0.4 is 0 Å². The average molecular weight is 361 g/mol. The van der Waals surface area contributed by atoms with Crippen molar-refractivity contribution in [2.24, 2.45) is 5.92 Å². The number of hydrogen-bond acceptors (Lipinski definition) is 2. The molecule has 1 aliphatic rings. The molecule has 5 heteroatoms. The van der Waals surface area contributed by atoms with Crippen molar-refractivity contribution in [2.45, 2.75) is 19.3 Å². The van der Waals surface area contributed by atoms with Gasteiger partial charge in [-0.1, -0.05) is 35.9 Å². The smallest absolute Gasteiger partial charge is 0.228 e. The zero-order valence-corrected chi connectivity index (χ0v) is 15.3. The van der Waals surface area contributed by atoms with Crippen LogP contribution in [0.1, 0.15) is 18.4 Å². The molecule has 2 rings (SSSR count). The number of carbonyl (C=O) groups is 2. The second kappa shape index (κ2) is 9.42. The van der Waals surface area contributed by atoms with Gasteiger partial charge < -0.3 is 9.80 Å². The summed E-state index contributed by atoms with van der Waals surface area (Å²) in [6, 6.07) is 7.64. The Morgan fingerprint density at radius 3 is 2.48 bits per heavy atom. The van der Waals surface area contributed by atoms with Crippen LogP contribution in [0.25, 0.3) is 0 Å². The Bertz CT molecular complexity index is 617. The molecule has 25 heavy (non-hydrogen) atoms. The van der Waals surface area contributed by atoms with E-state index < -0.39 is 0 Å². The lowest BCUT2D eigenvalue weighted by Gasteiger charge is -2.34. The largest absolute Gasteiger partial charge is 0.342 e. The SMILES string of the molecule is C=CCN(CC=C)C(=O)[C@@H]1CCC(=O)N(CCc2ccc(Cl)cc2)C1. The van der Waals surface area contributed by atoms with Gasteiger partial charge in [-0.05, 0) is 30.5 Å². The van der Waals surface area contributed by atoms with Gasteiger partial charge >= 0.3 is 0 Å². The van der Waals surface area contributed by atoms with Crippen LogP contribution in [-0.2, 0) is 16.0 Å². The van der Waals surface area contributed by atoms with Gasteiger partial charge in [0.05, 0.1) is 5.92 Å². The summed E-state index contributed by atoms with van der Waals surface area (Å²) in [4.78, 5) is 28.5. The van der Waals surface area contributed by atoms with Crippen LogP contribution in [0.2, 0.25) is 5.02 Å². The maximum absolute atomic E-state index is 12.7. The third kappa shape index (κ3) is 5.46. The molecule has 0 saturated carbocycles. The number of nitrogens with zero attached hydrogens (tertiary/aromatic N) is 2. The topological polar surface area (TPSA) is 40.6 Å². The molecule has 4 nitrogen and oxygen atoms in total. The Kier molecular flexibility index (Phi) is 7.26. The lowest BCUT2D eigenvalue weighted by molar-refractivity contribution is -0.142. The Balaban J connectivity index is 1.96. The minimum absolute atomic E-state index is 0.0730. The predicted octanol–water partition coefficient (Wildman–Crippen LogP) is 3.32. The Labute approximate surface area is 154 Å².